The van der Waals surface area contributed by atoms with Crippen molar-refractivity contribution in [2.75, 3.05) is 6.54 Å². The van der Waals surface area contributed by atoms with Crippen LogP contribution in [0.4, 0.5) is 4.79 Å². The molecule has 0 aliphatic carbocycles. The maximum Gasteiger partial charge on any atom is 0.316 e. The Hall–Kier alpha value is -2.99. The monoisotopic (exact) mass is 338 g/mol. The van der Waals surface area contributed by atoms with Crippen LogP contribution in [-0.4, -0.2) is 35.5 Å². The number of urea groups is 1. The molecule has 6 nitrogen and oxygen atoms in total. The van der Waals surface area contributed by atoms with Crippen LogP contribution < -0.4 is 10.6 Å². The molecule has 130 valence electrons. The highest BCUT2D eigenvalue weighted by Gasteiger charge is 2.33. The second kappa shape index (κ2) is 8.21. The third kappa shape index (κ3) is 4.74. The topological polar surface area (TPSA) is 85.2 Å². The number of likely N-dealkylation sites (tertiary alicyclic amines) is 1. The summed E-state index contributed by atoms with van der Waals surface area (Å²) in [7, 11) is 0. The number of amides is 3. The van der Waals surface area contributed by atoms with Gasteiger partial charge in [-0.05, 0) is 30.0 Å². The Labute approximate surface area is 148 Å². The van der Waals surface area contributed by atoms with Gasteiger partial charge in [-0.2, -0.15) is 5.26 Å². The first kappa shape index (κ1) is 18.4. The summed E-state index contributed by atoms with van der Waals surface area (Å²) in [6, 6.07) is 7.86. The van der Waals surface area contributed by atoms with Gasteiger partial charge in [0.05, 0.1) is 17.7 Å². The number of carbonyl (C=O) groups is 2. The van der Waals surface area contributed by atoms with Gasteiger partial charge in [-0.3, -0.25) is 4.79 Å². The lowest BCUT2D eigenvalue weighted by Crippen LogP contribution is -2.49. The van der Waals surface area contributed by atoms with E-state index in [9.17, 15) is 9.59 Å². The first-order valence-electron chi connectivity index (χ1n) is 8.25. The molecular weight excluding hydrogens is 316 g/mol. The highest BCUT2D eigenvalue weighted by molar-refractivity contribution is 5.88. The molecule has 1 aliphatic rings. The first-order chi connectivity index (χ1) is 11.9. The van der Waals surface area contributed by atoms with Crippen molar-refractivity contribution in [3.05, 3.63) is 35.4 Å². The van der Waals surface area contributed by atoms with E-state index in [-0.39, 0.29) is 17.9 Å². The van der Waals surface area contributed by atoms with Crippen molar-refractivity contribution in [3.63, 3.8) is 0 Å². The maximum absolute atomic E-state index is 12.4. The minimum Gasteiger partial charge on any atom is -0.336 e. The van der Waals surface area contributed by atoms with Gasteiger partial charge in [0.25, 0.3) is 0 Å². The van der Waals surface area contributed by atoms with Crippen LogP contribution >= 0.6 is 0 Å². The van der Waals surface area contributed by atoms with E-state index < -0.39 is 12.1 Å². The number of benzene rings is 1. The summed E-state index contributed by atoms with van der Waals surface area (Å²) in [6.07, 6.45) is 5.96. The molecule has 0 radical (unpaired) electrons. The molecule has 25 heavy (non-hydrogen) atoms. The van der Waals surface area contributed by atoms with Crippen LogP contribution in [0.1, 0.15) is 31.4 Å². The highest BCUT2D eigenvalue weighted by atomic mass is 16.2. The van der Waals surface area contributed by atoms with Gasteiger partial charge in [0.1, 0.15) is 6.04 Å². The lowest BCUT2D eigenvalue weighted by molar-refractivity contribution is -0.129. The van der Waals surface area contributed by atoms with Crippen LogP contribution in [0.15, 0.2) is 24.3 Å². The lowest BCUT2D eigenvalue weighted by atomic mass is 10.1. The smallest absolute Gasteiger partial charge is 0.316 e. The average molecular weight is 338 g/mol. The van der Waals surface area contributed by atoms with Gasteiger partial charge in [-0.15, -0.1) is 6.42 Å². The molecule has 1 saturated heterocycles. The zero-order valence-electron chi connectivity index (χ0n) is 14.5. The fourth-order valence-electron chi connectivity index (χ4n) is 2.68. The predicted octanol–water partition coefficient (Wildman–Crippen LogP) is 1.62. The molecule has 2 atom stereocenters. The summed E-state index contributed by atoms with van der Waals surface area (Å²) in [4.78, 5) is 26.2. The van der Waals surface area contributed by atoms with Crippen molar-refractivity contribution in [2.45, 2.75) is 38.9 Å². The SMILES string of the molecule is C#C[C@H](NC(=O)N[C@H]1CCN(Cc2ccc(C#N)cc2)C1=O)C(C)C. The number of nitrogens with zero attached hydrogens (tertiary/aromatic N) is 2. The van der Waals surface area contributed by atoms with Crippen molar-refractivity contribution >= 4 is 11.9 Å². The van der Waals surface area contributed by atoms with Gasteiger partial charge in [-0.1, -0.05) is 31.9 Å². The van der Waals surface area contributed by atoms with Crippen LogP contribution in [0, 0.1) is 29.6 Å². The zero-order valence-corrected chi connectivity index (χ0v) is 14.5. The third-order valence-corrected chi connectivity index (χ3v) is 4.19. The Morgan fingerprint density at radius 2 is 2.08 bits per heavy atom. The molecule has 0 unspecified atom stereocenters. The molecule has 0 bridgehead atoms. The zero-order chi connectivity index (χ0) is 18.4. The average Bonchev–Trinajstić information content (AvgIpc) is 2.93. The summed E-state index contributed by atoms with van der Waals surface area (Å²) < 4.78 is 0. The van der Waals surface area contributed by atoms with Gasteiger partial charge in [-0.25, -0.2) is 4.79 Å². The standard InChI is InChI=1S/C19H22N4O2/c1-4-16(13(2)3)21-19(25)22-17-9-10-23(18(17)24)12-15-7-5-14(11-20)6-8-15/h1,5-8,13,16-17H,9-10,12H2,2-3H3,(H2,21,22,25)/t16-,17-/m0/s1. The van der Waals surface area contributed by atoms with Gasteiger partial charge in [0, 0.05) is 13.1 Å². The number of nitriles is 1. The van der Waals surface area contributed by atoms with Crippen molar-refractivity contribution < 1.29 is 9.59 Å². The number of terminal acetylenes is 1. The minimum absolute atomic E-state index is 0.110. The molecule has 1 aliphatic heterocycles. The van der Waals surface area contributed by atoms with E-state index in [1.165, 1.54) is 0 Å². The van der Waals surface area contributed by atoms with Gasteiger partial charge in [0.15, 0.2) is 0 Å². The molecular formula is C19H22N4O2. The Kier molecular flexibility index (Phi) is 6.03. The van der Waals surface area contributed by atoms with E-state index in [0.29, 0.717) is 25.1 Å². The molecule has 0 aromatic heterocycles. The van der Waals surface area contributed by atoms with E-state index >= 15 is 0 Å². The van der Waals surface area contributed by atoms with Crippen molar-refractivity contribution in [2.24, 2.45) is 5.92 Å². The van der Waals surface area contributed by atoms with Crippen LogP contribution in [0.5, 0.6) is 0 Å². The minimum atomic E-state index is -0.538. The Balaban J connectivity index is 1.89. The molecule has 0 spiro atoms. The normalized spacial score (nSPS) is 17.7. The molecule has 1 heterocycles. The summed E-state index contributed by atoms with van der Waals surface area (Å²) in [6.45, 7) is 4.88. The maximum atomic E-state index is 12.4. The lowest BCUT2D eigenvalue weighted by Gasteiger charge is -2.20. The fourth-order valence-corrected chi connectivity index (χ4v) is 2.68. The summed E-state index contributed by atoms with van der Waals surface area (Å²) in [5, 5.41) is 14.2. The summed E-state index contributed by atoms with van der Waals surface area (Å²) >= 11 is 0. The van der Waals surface area contributed by atoms with E-state index in [4.69, 9.17) is 11.7 Å². The number of nitrogens with one attached hydrogen (secondary N) is 2. The van der Waals surface area contributed by atoms with Crippen LogP contribution in [0.25, 0.3) is 0 Å². The second-order valence-electron chi connectivity index (χ2n) is 6.42. The van der Waals surface area contributed by atoms with E-state index in [2.05, 4.69) is 22.6 Å². The second-order valence-corrected chi connectivity index (χ2v) is 6.42. The molecule has 1 aromatic rings. The molecule has 0 saturated carbocycles. The number of hydrogen-bond acceptors (Lipinski definition) is 3. The molecule has 3 amide bonds. The molecule has 6 heteroatoms. The van der Waals surface area contributed by atoms with E-state index in [1.54, 1.807) is 17.0 Å². The van der Waals surface area contributed by atoms with Crippen molar-refractivity contribution in [1.82, 2.24) is 15.5 Å². The predicted molar refractivity (Wildman–Crippen MR) is 94.1 cm³/mol. The largest absolute Gasteiger partial charge is 0.336 e. The quantitative estimate of drug-likeness (QED) is 0.800. The summed E-state index contributed by atoms with van der Waals surface area (Å²) in [5.41, 5.74) is 1.53. The Bertz CT molecular complexity index is 712. The van der Waals surface area contributed by atoms with Crippen LogP contribution in [0.3, 0.4) is 0 Å². The molecule has 2 N–H and O–H groups in total. The number of hydrogen-bond donors (Lipinski definition) is 2. The summed E-state index contributed by atoms with van der Waals surface area (Å²) in [5.74, 6) is 2.53. The fraction of sp³-hybridized carbons (Fsp3) is 0.421. The van der Waals surface area contributed by atoms with Crippen molar-refractivity contribution in [3.8, 4) is 18.4 Å². The number of rotatable bonds is 5. The molecule has 1 fully saturated rings. The van der Waals surface area contributed by atoms with E-state index in [1.807, 2.05) is 26.0 Å². The van der Waals surface area contributed by atoms with Gasteiger partial charge in [0.2, 0.25) is 5.91 Å². The van der Waals surface area contributed by atoms with Crippen molar-refractivity contribution in [1.29, 1.82) is 5.26 Å². The highest BCUT2D eigenvalue weighted by Crippen LogP contribution is 2.15. The third-order valence-electron chi connectivity index (χ3n) is 4.19. The first-order valence-corrected chi connectivity index (χ1v) is 8.25. The Morgan fingerprint density at radius 1 is 1.40 bits per heavy atom. The molecule has 2 rings (SSSR count). The van der Waals surface area contributed by atoms with Gasteiger partial charge >= 0.3 is 6.03 Å². The Morgan fingerprint density at radius 3 is 2.64 bits per heavy atom. The van der Waals surface area contributed by atoms with Crippen LogP contribution in [-0.2, 0) is 11.3 Å². The number of carbonyl (C=O) groups excluding carboxylic acids is 2. The molecule has 1 aromatic carbocycles. The van der Waals surface area contributed by atoms with Gasteiger partial charge < -0.3 is 15.5 Å². The van der Waals surface area contributed by atoms with Crippen LogP contribution in [0.2, 0.25) is 0 Å². The van der Waals surface area contributed by atoms with E-state index in [0.717, 1.165) is 5.56 Å².